The number of aryl methyl sites for hydroxylation is 1. The summed E-state index contributed by atoms with van der Waals surface area (Å²) in [6, 6.07) is 13.1. The molecular formula is C24H23N3O4. The van der Waals surface area contributed by atoms with Crippen molar-refractivity contribution in [3.63, 3.8) is 0 Å². The number of rotatable bonds is 5. The highest BCUT2D eigenvalue weighted by Crippen LogP contribution is 2.32. The van der Waals surface area contributed by atoms with Crippen molar-refractivity contribution in [2.24, 2.45) is 0 Å². The van der Waals surface area contributed by atoms with Crippen LogP contribution >= 0.6 is 0 Å². The normalized spacial score (nSPS) is 15.2. The fraction of sp³-hybridized carbons (Fsp3) is 0.250. The highest BCUT2D eigenvalue weighted by molar-refractivity contribution is 6.04. The molecule has 3 aromatic rings. The van der Waals surface area contributed by atoms with E-state index in [2.05, 4.69) is 27.4 Å². The Morgan fingerprint density at radius 3 is 2.35 bits per heavy atom. The number of hydrogen-bond donors (Lipinski definition) is 1. The maximum atomic E-state index is 12.7. The van der Waals surface area contributed by atoms with Gasteiger partial charge in [-0.05, 0) is 37.0 Å². The van der Waals surface area contributed by atoms with Crippen LogP contribution in [0.25, 0.3) is 0 Å². The maximum Gasteiger partial charge on any atom is 0.258 e. The average Bonchev–Trinajstić information content (AvgIpc) is 2.78. The molecule has 7 nitrogen and oxygen atoms in total. The molecule has 0 bridgehead atoms. The van der Waals surface area contributed by atoms with Crippen molar-refractivity contribution in [1.82, 2.24) is 9.97 Å². The Balaban J connectivity index is 1.57. The number of carbonyl (C=O) groups is 2. The minimum absolute atomic E-state index is 0.0160. The maximum absolute atomic E-state index is 12.7. The van der Waals surface area contributed by atoms with Gasteiger partial charge in [-0.25, -0.2) is 9.97 Å². The second kappa shape index (κ2) is 8.55. The predicted octanol–water partition coefficient (Wildman–Crippen LogP) is 3.97. The SMILES string of the molecule is COc1cc(OC)cc(C(=O)Nc2ncc3c(n2)CC(c2ccc(C)cc2)CC3=O)c1. The molecule has 2 aromatic carbocycles. The highest BCUT2D eigenvalue weighted by Gasteiger charge is 2.28. The summed E-state index contributed by atoms with van der Waals surface area (Å²) in [6.45, 7) is 2.03. The first-order valence-corrected chi connectivity index (χ1v) is 9.97. The lowest BCUT2D eigenvalue weighted by molar-refractivity contribution is 0.0962. The van der Waals surface area contributed by atoms with Crippen LogP contribution in [0.15, 0.2) is 48.7 Å². The van der Waals surface area contributed by atoms with Gasteiger partial charge in [-0.3, -0.25) is 14.9 Å². The fourth-order valence-electron chi connectivity index (χ4n) is 3.69. The van der Waals surface area contributed by atoms with Gasteiger partial charge in [-0.1, -0.05) is 29.8 Å². The molecule has 1 heterocycles. The summed E-state index contributed by atoms with van der Waals surface area (Å²) < 4.78 is 10.4. The molecule has 1 N–H and O–H groups in total. The number of methoxy groups -OCH3 is 2. The average molecular weight is 417 g/mol. The molecule has 1 aromatic heterocycles. The Kier molecular flexibility index (Phi) is 5.66. The molecule has 1 aliphatic rings. The number of carbonyl (C=O) groups excluding carboxylic acids is 2. The van der Waals surface area contributed by atoms with Crippen molar-refractivity contribution in [2.45, 2.75) is 25.7 Å². The van der Waals surface area contributed by atoms with Crippen LogP contribution in [-0.4, -0.2) is 35.9 Å². The van der Waals surface area contributed by atoms with Crippen LogP contribution in [0.3, 0.4) is 0 Å². The lowest BCUT2D eigenvalue weighted by Crippen LogP contribution is -2.22. The molecule has 0 spiro atoms. The van der Waals surface area contributed by atoms with Gasteiger partial charge in [0.25, 0.3) is 5.91 Å². The van der Waals surface area contributed by atoms with Crippen molar-refractivity contribution in [2.75, 3.05) is 19.5 Å². The summed E-state index contributed by atoms with van der Waals surface area (Å²) in [5, 5.41) is 2.70. The first-order chi connectivity index (χ1) is 15.0. The Hall–Kier alpha value is -3.74. The van der Waals surface area contributed by atoms with Crippen LogP contribution in [0.1, 0.15) is 49.9 Å². The molecule has 0 saturated carbocycles. The predicted molar refractivity (Wildman–Crippen MR) is 116 cm³/mol. The zero-order valence-electron chi connectivity index (χ0n) is 17.6. The van der Waals surface area contributed by atoms with Gasteiger partial charge in [-0.2, -0.15) is 0 Å². The number of nitrogens with zero attached hydrogens (tertiary/aromatic N) is 2. The number of ether oxygens (including phenoxy) is 2. The summed E-state index contributed by atoms with van der Waals surface area (Å²) in [5.74, 6) is 0.839. The Bertz CT molecular complexity index is 1120. The summed E-state index contributed by atoms with van der Waals surface area (Å²) >= 11 is 0. The fourth-order valence-corrected chi connectivity index (χ4v) is 3.69. The molecule has 31 heavy (non-hydrogen) atoms. The minimum Gasteiger partial charge on any atom is -0.497 e. The number of benzene rings is 2. The molecule has 4 rings (SSSR count). The largest absolute Gasteiger partial charge is 0.497 e. The molecule has 7 heteroatoms. The van der Waals surface area contributed by atoms with E-state index in [0.717, 1.165) is 5.56 Å². The van der Waals surface area contributed by atoms with E-state index in [1.165, 1.54) is 26.0 Å². The number of fused-ring (bicyclic) bond motifs is 1. The molecule has 1 atom stereocenters. The number of anilines is 1. The van der Waals surface area contributed by atoms with Gasteiger partial charge in [-0.15, -0.1) is 0 Å². The number of Topliss-reactive ketones (excluding diaryl/α,β-unsaturated/α-hetero) is 1. The second-order valence-electron chi connectivity index (χ2n) is 7.55. The number of aromatic nitrogens is 2. The number of amides is 1. The van der Waals surface area contributed by atoms with Crippen molar-refractivity contribution >= 4 is 17.6 Å². The lowest BCUT2D eigenvalue weighted by Gasteiger charge is -2.23. The molecule has 0 radical (unpaired) electrons. The highest BCUT2D eigenvalue weighted by atomic mass is 16.5. The van der Waals surface area contributed by atoms with E-state index < -0.39 is 5.91 Å². The van der Waals surface area contributed by atoms with E-state index in [0.29, 0.717) is 41.2 Å². The van der Waals surface area contributed by atoms with Crippen molar-refractivity contribution in [1.29, 1.82) is 0 Å². The standard InChI is InChI=1S/C24H23N3O4/c1-14-4-6-15(7-5-14)16-10-21-20(22(28)11-16)13-25-24(26-21)27-23(29)17-8-18(30-2)12-19(9-17)31-3/h4-9,12-13,16H,10-11H2,1-3H3,(H,25,26,27,29). The topological polar surface area (TPSA) is 90.4 Å². The third-order valence-corrected chi connectivity index (χ3v) is 5.43. The Morgan fingerprint density at radius 2 is 1.71 bits per heavy atom. The van der Waals surface area contributed by atoms with Crippen LogP contribution in [0.5, 0.6) is 11.5 Å². The molecule has 1 aliphatic carbocycles. The van der Waals surface area contributed by atoms with Crippen LogP contribution in [-0.2, 0) is 6.42 Å². The van der Waals surface area contributed by atoms with E-state index in [1.54, 1.807) is 18.2 Å². The molecule has 0 saturated heterocycles. The third-order valence-electron chi connectivity index (χ3n) is 5.43. The summed E-state index contributed by atoms with van der Waals surface area (Å²) in [6.07, 6.45) is 2.54. The molecule has 1 unspecified atom stereocenters. The van der Waals surface area contributed by atoms with E-state index in [9.17, 15) is 9.59 Å². The zero-order chi connectivity index (χ0) is 22.0. The van der Waals surface area contributed by atoms with Crippen LogP contribution in [0.4, 0.5) is 5.95 Å². The second-order valence-corrected chi connectivity index (χ2v) is 7.55. The molecule has 0 aliphatic heterocycles. The Labute approximate surface area is 180 Å². The van der Waals surface area contributed by atoms with Gasteiger partial charge >= 0.3 is 0 Å². The number of hydrogen-bond acceptors (Lipinski definition) is 6. The van der Waals surface area contributed by atoms with Crippen molar-refractivity contribution < 1.29 is 19.1 Å². The quantitative estimate of drug-likeness (QED) is 0.676. The summed E-state index contributed by atoms with van der Waals surface area (Å²) in [7, 11) is 3.04. The van der Waals surface area contributed by atoms with E-state index in [1.807, 2.05) is 19.1 Å². The number of ketones is 1. The van der Waals surface area contributed by atoms with Crippen LogP contribution in [0.2, 0.25) is 0 Å². The van der Waals surface area contributed by atoms with Crippen LogP contribution in [0, 0.1) is 6.92 Å². The molecule has 0 fully saturated rings. The first kappa shape index (κ1) is 20.5. The van der Waals surface area contributed by atoms with Gasteiger partial charge in [0.2, 0.25) is 5.95 Å². The lowest BCUT2D eigenvalue weighted by atomic mass is 9.82. The number of nitrogens with one attached hydrogen (secondary N) is 1. The monoisotopic (exact) mass is 417 g/mol. The minimum atomic E-state index is -0.394. The molecule has 158 valence electrons. The van der Waals surface area contributed by atoms with Crippen molar-refractivity contribution in [3.05, 3.63) is 76.6 Å². The first-order valence-electron chi connectivity index (χ1n) is 9.97. The third kappa shape index (κ3) is 4.40. The van der Waals surface area contributed by atoms with Crippen LogP contribution < -0.4 is 14.8 Å². The zero-order valence-corrected chi connectivity index (χ0v) is 17.6. The van der Waals surface area contributed by atoms with Gasteiger partial charge in [0.15, 0.2) is 5.78 Å². The van der Waals surface area contributed by atoms with E-state index in [-0.39, 0.29) is 17.6 Å². The van der Waals surface area contributed by atoms with E-state index in [4.69, 9.17) is 9.47 Å². The van der Waals surface area contributed by atoms with E-state index >= 15 is 0 Å². The molecular weight excluding hydrogens is 394 g/mol. The van der Waals surface area contributed by atoms with Gasteiger partial charge in [0, 0.05) is 24.2 Å². The van der Waals surface area contributed by atoms with Crippen molar-refractivity contribution in [3.8, 4) is 11.5 Å². The van der Waals surface area contributed by atoms with Gasteiger partial charge in [0.05, 0.1) is 25.5 Å². The smallest absolute Gasteiger partial charge is 0.258 e. The van der Waals surface area contributed by atoms with Gasteiger partial charge in [0.1, 0.15) is 11.5 Å². The summed E-state index contributed by atoms with van der Waals surface area (Å²) in [5.41, 5.74) is 3.80. The Morgan fingerprint density at radius 1 is 1.03 bits per heavy atom. The van der Waals surface area contributed by atoms with Gasteiger partial charge < -0.3 is 9.47 Å². The summed E-state index contributed by atoms with van der Waals surface area (Å²) in [4.78, 5) is 34.0. The molecule has 1 amide bonds.